The second-order valence-corrected chi connectivity index (χ2v) is 6.31. The molecule has 0 saturated carbocycles. The van der Waals surface area contributed by atoms with Crippen LogP contribution < -0.4 is 5.73 Å². The van der Waals surface area contributed by atoms with Gasteiger partial charge in [0.1, 0.15) is 0 Å². The molecule has 2 rings (SSSR count). The first-order valence-electron chi connectivity index (χ1n) is 5.56. The van der Waals surface area contributed by atoms with Crippen molar-refractivity contribution in [1.82, 2.24) is 9.78 Å². The highest BCUT2D eigenvalue weighted by atomic mass is 32.2. The van der Waals surface area contributed by atoms with E-state index in [9.17, 15) is 8.42 Å². The zero-order valence-corrected chi connectivity index (χ0v) is 11.1. The lowest BCUT2D eigenvalue weighted by atomic mass is 10.1. The largest absolute Gasteiger partial charge is 0.382 e. The molecule has 0 bridgehead atoms. The van der Waals surface area contributed by atoms with Crippen molar-refractivity contribution >= 4 is 15.7 Å². The molecule has 6 heteroatoms. The van der Waals surface area contributed by atoms with Crippen LogP contribution in [0.4, 0.5) is 5.82 Å². The SMILES string of the molecule is CCS(=O)(=O)c1ccc(-c2cn(C)nc2N)cc1. The molecule has 2 aromatic rings. The number of nitrogen functional groups attached to an aromatic ring is 1. The molecule has 0 amide bonds. The van der Waals surface area contributed by atoms with Crippen molar-refractivity contribution in [2.24, 2.45) is 7.05 Å². The molecule has 1 aromatic carbocycles. The smallest absolute Gasteiger partial charge is 0.178 e. The van der Waals surface area contributed by atoms with Crippen molar-refractivity contribution in [2.75, 3.05) is 11.5 Å². The normalized spacial score (nSPS) is 11.7. The van der Waals surface area contributed by atoms with Crippen molar-refractivity contribution < 1.29 is 8.42 Å². The van der Waals surface area contributed by atoms with Gasteiger partial charge in [0, 0.05) is 18.8 Å². The van der Waals surface area contributed by atoms with E-state index in [0.717, 1.165) is 11.1 Å². The lowest BCUT2D eigenvalue weighted by Gasteiger charge is -2.03. The Morgan fingerprint density at radius 1 is 1.28 bits per heavy atom. The first-order valence-corrected chi connectivity index (χ1v) is 7.21. The highest BCUT2D eigenvalue weighted by Crippen LogP contribution is 2.25. The molecule has 18 heavy (non-hydrogen) atoms. The monoisotopic (exact) mass is 265 g/mol. The van der Waals surface area contributed by atoms with Crippen molar-refractivity contribution in [1.29, 1.82) is 0 Å². The minimum atomic E-state index is -3.15. The maximum atomic E-state index is 11.7. The van der Waals surface area contributed by atoms with Gasteiger partial charge in [-0.15, -0.1) is 0 Å². The summed E-state index contributed by atoms with van der Waals surface area (Å²) in [7, 11) is -1.37. The van der Waals surface area contributed by atoms with Gasteiger partial charge in [-0.1, -0.05) is 19.1 Å². The third kappa shape index (κ3) is 2.24. The third-order valence-corrected chi connectivity index (χ3v) is 4.51. The van der Waals surface area contributed by atoms with Gasteiger partial charge in [-0.2, -0.15) is 5.10 Å². The van der Waals surface area contributed by atoms with E-state index in [-0.39, 0.29) is 5.75 Å². The summed E-state index contributed by atoms with van der Waals surface area (Å²) in [6.45, 7) is 1.63. The van der Waals surface area contributed by atoms with Crippen molar-refractivity contribution in [3.63, 3.8) is 0 Å². The molecule has 5 nitrogen and oxygen atoms in total. The van der Waals surface area contributed by atoms with Crippen molar-refractivity contribution in [2.45, 2.75) is 11.8 Å². The molecule has 2 N–H and O–H groups in total. The van der Waals surface area contributed by atoms with E-state index in [2.05, 4.69) is 5.10 Å². The quantitative estimate of drug-likeness (QED) is 0.911. The van der Waals surface area contributed by atoms with E-state index in [4.69, 9.17) is 5.73 Å². The van der Waals surface area contributed by atoms with Gasteiger partial charge in [0.25, 0.3) is 0 Å². The fourth-order valence-corrected chi connectivity index (χ4v) is 2.62. The molecule has 0 unspecified atom stereocenters. The van der Waals surface area contributed by atoms with Crippen LogP contribution >= 0.6 is 0 Å². The Kier molecular flexibility index (Phi) is 3.13. The molecular formula is C12H15N3O2S. The number of hydrogen-bond acceptors (Lipinski definition) is 4. The Balaban J connectivity index is 2.42. The van der Waals surface area contributed by atoms with Crippen LogP contribution in [0.1, 0.15) is 6.92 Å². The van der Waals surface area contributed by atoms with Crippen LogP contribution in [0.5, 0.6) is 0 Å². The first kappa shape index (κ1) is 12.6. The predicted octanol–water partition coefficient (Wildman–Crippen LogP) is 1.46. The van der Waals surface area contributed by atoms with Gasteiger partial charge in [-0.3, -0.25) is 4.68 Å². The molecule has 1 heterocycles. The zero-order chi connectivity index (χ0) is 13.3. The van der Waals surface area contributed by atoms with Gasteiger partial charge in [0.15, 0.2) is 15.7 Å². The number of aryl methyl sites for hydroxylation is 1. The number of anilines is 1. The number of rotatable bonds is 3. The van der Waals surface area contributed by atoms with Gasteiger partial charge in [0.05, 0.1) is 10.6 Å². The molecule has 0 radical (unpaired) electrons. The van der Waals surface area contributed by atoms with Gasteiger partial charge >= 0.3 is 0 Å². The summed E-state index contributed by atoms with van der Waals surface area (Å²) >= 11 is 0. The molecule has 1 aromatic heterocycles. The minimum Gasteiger partial charge on any atom is -0.382 e. The molecule has 0 fully saturated rings. The summed E-state index contributed by atoms with van der Waals surface area (Å²) in [5.74, 6) is 0.532. The average molecular weight is 265 g/mol. The van der Waals surface area contributed by atoms with Crippen LogP contribution in [-0.4, -0.2) is 24.0 Å². The minimum absolute atomic E-state index is 0.0986. The topological polar surface area (TPSA) is 78.0 Å². The second-order valence-electron chi connectivity index (χ2n) is 4.03. The van der Waals surface area contributed by atoms with Gasteiger partial charge in [-0.25, -0.2) is 8.42 Å². The molecule has 0 spiro atoms. The van der Waals surface area contributed by atoms with Gasteiger partial charge in [-0.05, 0) is 17.7 Å². The fraction of sp³-hybridized carbons (Fsp3) is 0.250. The summed E-state index contributed by atoms with van der Waals surface area (Å²) in [5, 5.41) is 4.05. The molecule has 96 valence electrons. The van der Waals surface area contributed by atoms with Crippen LogP contribution in [0.15, 0.2) is 35.4 Å². The van der Waals surface area contributed by atoms with Crippen LogP contribution in [-0.2, 0) is 16.9 Å². The lowest BCUT2D eigenvalue weighted by Crippen LogP contribution is -2.03. The molecule has 0 atom stereocenters. The number of nitrogens with zero attached hydrogens (tertiary/aromatic N) is 2. The summed E-state index contributed by atoms with van der Waals surface area (Å²) < 4.78 is 25.0. The Hall–Kier alpha value is -1.82. The summed E-state index contributed by atoms with van der Waals surface area (Å²) in [4.78, 5) is 0.330. The van der Waals surface area contributed by atoms with E-state index in [1.807, 2.05) is 0 Å². The van der Waals surface area contributed by atoms with E-state index in [0.29, 0.717) is 10.7 Å². The summed E-state index contributed by atoms with van der Waals surface area (Å²) in [6, 6.07) is 6.69. The fourth-order valence-electron chi connectivity index (χ4n) is 1.74. The zero-order valence-electron chi connectivity index (χ0n) is 10.3. The second kappa shape index (κ2) is 4.45. The first-order chi connectivity index (χ1) is 8.44. The van der Waals surface area contributed by atoms with Crippen LogP contribution in [0, 0.1) is 0 Å². The van der Waals surface area contributed by atoms with Gasteiger partial charge < -0.3 is 5.73 Å². The molecule has 0 aliphatic carbocycles. The van der Waals surface area contributed by atoms with E-state index in [1.54, 1.807) is 49.1 Å². The highest BCUT2D eigenvalue weighted by molar-refractivity contribution is 7.91. The van der Waals surface area contributed by atoms with E-state index in [1.165, 1.54) is 0 Å². The Morgan fingerprint density at radius 3 is 2.33 bits per heavy atom. The molecule has 0 aliphatic rings. The van der Waals surface area contributed by atoms with Crippen LogP contribution in [0.25, 0.3) is 11.1 Å². The number of aromatic nitrogens is 2. The number of nitrogens with two attached hydrogens (primary N) is 1. The summed E-state index contributed by atoms with van der Waals surface area (Å²) in [6.07, 6.45) is 1.80. The maximum Gasteiger partial charge on any atom is 0.178 e. The third-order valence-electron chi connectivity index (χ3n) is 2.76. The summed E-state index contributed by atoms with van der Waals surface area (Å²) in [5.41, 5.74) is 7.43. The Bertz CT molecular complexity index is 657. The van der Waals surface area contributed by atoms with Crippen molar-refractivity contribution in [3.8, 4) is 11.1 Å². The number of benzene rings is 1. The Labute approximate surface area is 106 Å². The van der Waals surface area contributed by atoms with Crippen LogP contribution in [0.3, 0.4) is 0 Å². The Morgan fingerprint density at radius 2 is 1.89 bits per heavy atom. The lowest BCUT2D eigenvalue weighted by molar-refractivity contribution is 0.597. The molecule has 0 aliphatic heterocycles. The average Bonchev–Trinajstić information content (AvgIpc) is 2.69. The van der Waals surface area contributed by atoms with Gasteiger partial charge in [0.2, 0.25) is 0 Å². The maximum absolute atomic E-state index is 11.7. The number of hydrogen-bond donors (Lipinski definition) is 1. The standard InChI is InChI=1S/C12H15N3O2S/c1-3-18(16,17)10-6-4-9(5-7-10)11-8-15(2)14-12(11)13/h4-8H,3H2,1-2H3,(H2,13,14). The molecular weight excluding hydrogens is 250 g/mol. The number of sulfone groups is 1. The molecule has 0 saturated heterocycles. The predicted molar refractivity (Wildman–Crippen MR) is 70.8 cm³/mol. The van der Waals surface area contributed by atoms with Crippen LogP contribution in [0.2, 0.25) is 0 Å². The highest BCUT2D eigenvalue weighted by Gasteiger charge is 2.12. The van der Waals surface area contributed by atoms with Crippen molar-refractivity contribution in [3.05, 3.63) is 30.5 Å². The van der Waals surface area contributed by atoms with E-state index >= 15 is 0 Å². The van der Waals surface area contributed by atoms with E-state index < -0.39 is 9.84 Å².